The van der Waals surface area contributed by atoms with Crippen molar-refractivity contribution in [2.45, 2.75) is 19.4 Å². The summed E-state index contributed by atoms with van der Waals surface area (Å²) < 4.78 is 5.34. The maximum absolute atomic E-state index is 12.8. The molecular weight excluding hydrogens is 368 g/mol. The van der Waals surface area contributed by atoms with Gasteiger partial charge < -0.3 is 15.4 Å². The summed E-state index contributed by atoms with van der Waals surface area (Å²) in [5, 5.41) is 6.35. The van der Waals surface area contributed by atoms with Crippen LogP contribution in [0.3, 0.4) is 0 Å². The summed E-state index contributed by atoms with van der Waals surface area (Å²) >= 11 is 6.08. The van der Waals surface area contributed by atoms with Gasteiger partial charge in [-0.25, -0.2) is 9.79 Å². The second-order valence-electron chi connectivity index (χ2n) is 6.81. The molecule has 27 heavy (non-hydrogen) atoms. The molecule has 1 aromatic carbocycles. The van der Waals surface area contributed by atoms with E-state index in [1.165, 1.54) is 0 Å². The predicted octanol–water partition coefficient (Wildman–Crippen LogP) is 2.02. The van der Waals surface area contributed by atoms with Crippen molar-refractivity contribution in [3.63, 3.8) is 0 Å². The molecule has 3 rings (SSSR count). The Hall–Kier alpha value is -1.96. The number of aliphatic imine (C=N–C) groups is 1. The maximum Gasteiger partial charge on any atom is 0.341 e. The fourth-order valence-electron chi connectivity index (χ4n) is 3.49. The average Bonchev–Trinajstić information content (AvgIpc) is 2.65. The van der Waals surface area contributed by atoms with Crippen LogP contribution in [0.4, 0.5) is 4.79 Å². The smallest absolute Gasteiger partial charge is 0.341 e. The number of ether oxygens (including phenoxy) is 1. The molecular formula is C19H25ClN4O3. The van der Waals surface area contributed by atoms with Gasteiger partial charge in [-0.1, -0.05) is 23.7 Å². The van der Waals surface area contributed by atoms with E-state index in [1.54, 1.807) is 19.1 Å². The van der Waals surface area contributed by atoms with E-state index in [-0.39, 0.29) is 5.91 Å². The molecule has 1 saturated heterocycles. The quantitative estimate of drug-likeness (QED) is 0.725. The van der Waals surface area contributed by atoms with E-state index in [0.29, 0.717) is 17.3 Å². The summed E-state index contributed by atoms with van der Waals surface area (Å²) in [7, 11) is 0. The van der Waals surface area contributed by atoms with Crippen molar-refractivity contribution in [2.75, 3.05) is 39.4 Å². The summed E-state index contributed by atoms with van der Waals surface area (Å²) in [5.41, 5.74) is 1.30. The molecule has 0 radical (unpaired) electrons. The number of benzene rings is 1. The van der Waals surface area contributed by atoms with Crippen molar-refractivity contribution < 1.29 is 14.3 Å². The zero-order valence-electron chi connectivity index (χ0n) is 15.4. The number of urea groups is 1. The van der Waals surface area contributed by atoms with E-state index >= 15 is 0 Å². The van der Waals surface area contributed by atoms with E-state index in [2.05, 4.69) is 20.5 Å². The minimum absolute atomic E-state index is 0.136. The minimum atomic E-state index is -0.551. The number of halogens is 1. The van der Waals surface area contributed by atoms with Crippen molar-refractivity contribution in [3.8, 4) is 0 Å². The Morgan fingerprint density at radius 2 is 2.19 bits per heavy atom. The molecule has 0 spiro atoms. The van der Waals surface area contributed by atoms with Gasteiger partial charge in [0.05, 0.1) is 19.3 Å². The fourth-order valence-corrected chi connectivity index (χ4v) is 3.68. The van der Waals surface area contributed by atoms with Crippen LogP contribution >= 0.6 is 11.6 Å². The van der Waals surface area contributed by atoms with Crippen molar-refractivity contribution >= 4 is 29.3 Å². The van der Waals surface area contributed by atoms with Crippen molar-refractivity contribution in [1.29, 1.82) is 0 Å². The Morgan fingerprint density at radius 1 is 1.41 bits per heavy atom. The Labute approximate surface area is 164 Å². The number of carbonyl (C=O) groups is 2. The van der Waals surface area contributed by atoms with Crippen LogP contribution in [-0.4, -0.2) is 61.9 Å². The summed E-state index contributed by atoms with van der Waals surface area (Å²) in [4.78, 5) is 31.0. The molecule has 7 nitrogen and oxygen atoms in total. The molecule has 2 N–H and O–H groups in total. The summed E-state index contributed by atoms with van der Waals surface area (Å²) in [6.07, 6.45) is 0.864. The van der Waals surface area contributed by atoms with E-state index in [9.17, 15) is 9.59 Å². The molecule has 3 amide bonds. The third kappa shape index (κ3) is 5.28. The Bertz CT molecular complexity index is 719. The maximum atomic E-state index is 12.8. The average molecular weight is 393 g/mol. The second kappa shape index (κ2) is 9.30. The first-order chi connectivity index (χ1) is 13.0. The standard InChI is InChI=1S/C19H25ClN4O3/c1-13-16(18(25)21-6-3-7-24-8-10-27-11-9-24)17(23-19(26)22-13)14-4-2-5-15(20)12-14/h2,4-5,12,16-17H,3,6-11H2,1H3,(H,21,25)(H,23,26). The van der Waals surface area contributed by atoms with Gasteiger partial charge >= 0.3 is 6.03 Å². The lowest BCUT2D eigenvalue weighted by Crippen LogP contribution is -2.48. The molecule has 0 bridgehead atoms. The highest BCUT2D eigenvalue weighted by Gasteiger charge is 2.36. The van der Waals surface area contributed by atoms with Gasteiger partial charge in [-0.2, -0.15) is 0 Å². The molecule has 1 fully saturated rings. The summed E-state index contributed by atoms with van der Waals surface area (Å²) in [5.74, 6) is -0.687. The van der Waals surface area contributed by atoms with Gasteiger partial charge in [0, 0.05) is 30.4 Å². The van der Waals surface area contributed by atoms with Gasteiger partial charge in [0.2, 0.25) is 5.91 Å². The highest BCUT2D eigenvalue weighted by Crippen LogP contribution is 2.28. The lowest BCUT2D eigenvalue weighted by molar-refractivity contribution is -0.123. The summed E-state index contributed by atoms with van der Waals surface area (Å²) in [6.45, 7) is 6.63. The third-order valence-electron chi connectivity index (χ3n) is 4.88. The van der Waals surface area contributed by atoms with Gasteiger partial charge in [-0.05, 0) is 37.6 Å². The number of rotatable bonds is 6. The van der Waals surface area contributed by atoms with Crippen LogP contribution in [0.5, 0.6) is 0 Å². The predicted molar refractivity (Wildman–Crippen MR) is 104 cm³/mol. The van der Waals surface area contributed by atoms with Crippen molar-refractivity contribution in [3.05, 3.63) is 34.9 Å². The number of hydrogen-bond donors (Lipinski definition) is 2. The lowest BCUT2D eigenvalue weighted by atomic mass is 9.87. The monoisotopic (exact) mass is 392 g/mol. The zero-order chi connectivity index (χ0) is 19.2. The van der Waals surface area contributed by atoms with Gasteiger partial charge in [-0.15, -0.1) is 0 Å². The molecule has 0 aliphatic carbocycles. The lowest BCUT2D eigenvalue weighted by Gasteiger charge is -2.30. The first-order valence-electron chi connectivity index (χ1n) is 9.23. The molecule has 8 heteroatoms. The number of nitrogens with zero attached hydrogens (tertiary/aromatic N) is 2. The minimum Gasteiger partial charge on any atom is -0.379 e. The van der Waals surface area contributed by atoms with Crippen molar-refractivity contribution in [2.24, 2.45) is 10.9 Å². The van der Waals surface area contributed by atoms with E-state index in [4.69, 9.17) is 16.3 Å². The van der Waals surface area contributed by atoms with Crippen molar-refractivity contribution in [1.82, 2.24) is 15.5 Å². The highest BCUT2D eigenvalue weighted by molar-refractivity contribution is 6.30. The van der Waals surface area contributed by atoms with E-state index in [0.717, 1.165) is 44.8 Å². The number of carbonyl (C=O) groups excluding carboxylic acids is 2. The molecule has 2 heterocycles. The number of hydrogen-bond acceptors (Lipinski definition) is 4. The molecule has 0 aromatic heterocycles. The molecule has 2 aliphatic rings. The van der Waals surface area contributed by atoms with Crippen LogP contribution in [0, 0.1) is 5.92 Å². The van der Waals surface area contributed by atoms with Gasteiger partial charge in [0.1, 0.15) is 5.92 Å². The molecule has 2 unspecified atom stereocenters. The first-order valence-corrected chi connectivity index (χ1v) is 9.61. The van der Waals surface area contributed by atoms with Gasteiger partial charge in [0.25, 0.3) is 0 Å². The largest absolute Gasteiger partial charge is 0.379 e. The Morgan fingerprint density at radius 3 is 2.93 bits per heavy atom. The van der Waals surface area contributed by atoms with Gasteiger partial charge in [-0.3, -0.25) is 9.69 Å². The van der Waals surface area contributed by atoms with E-state index in [1.807, 2.05) is 12.1 Å². The molecule has 2 aliphatic heterocycles. The van der Waals surface area contributed by atoms with Crippen LogP contribution in [0.2, 0.25) is 5.02 Å². The number of nitrogens with one attached hydrogen (secondary N) is 2. The Balaban J connectivity index is 1.61. The van der Waals surface area contributed by atoms with Crippen LogP contribution in [0.15, 0.2) is 29.3 Å². The highest BCUT2D eigenvalue weighted by atomic mass is 35.5. The van der Waals surface area contributed by atoms with Crippen LogP contribution in [0.1, 0.15) is 24.9 Å². The normalized spacial score (nSPS) is 23.5. The van der Waals surface area contributed by atoms with Crippen LogP contribution < -0.4 is 10.6 Å². The zero-order valence-corrected chi connectivity index (χ0v) is 16.2. The van der Waals surface area contributed by atoms with Gasteiger partial charge in [0.15, 0.2) is 0 Å². The fraction of sp³-hybridized carbons (Fsp3) is 0.526. The third-order valence-corrected chi connectivity index (χ3v) is 5.12. The van der Waals surface area contributed by atoms with E-state index < -0.39 is 18.0 Å². The Kier molecular flexibility index (Phi) is 6.82. The van der Waals surface area contributed by atoms with Crippen LogP contribution in [-0.2, 0) is 9.53 Å². The molecule has 146 valence electrons. The van der Waals surface area contributed by atoms with Crippen LogP contribution in [0.25, 0.3) is 0 Å². The molecule has 0 saturated carbocycles. The number of morpholine rings is 1. The number of amides is 3. The topological polar surface area (TPSA) is 83.0 Å². The summed E-state index contributed by atoms with van der Waals surface area (Å²) in [6, 6.07) is 6.28. The second-order valence-corrected chi connectivity index (χ2v) is 7.25. The SMILES string of the molecule is CC1=NC(=O)NC(c2cccc(Cl)c2)C1C(=O)NCCCN1CCOCC1. The first kappa shape index (κ1) is 19.8. The molecule has 2 atom stereocenters. The molecule has 1 aromatic rings.